The normalized spacial score (nSPS) is 21.7. The van der Waals surface area contributed by atoms with E-state index < -0.39 is 22.4 Å². The van der Waals surface area contributed by atoms with Crippen LogP contribution in [0.1, 0.15) is 12.5 Å². The van der Waals surface area contributed by atoms with E-state index in [0.717, 1.165) is 6.07 Å². The van der Waals surface area contributed by atoms with E-state index in [1.807, 2.05) is 14.0 Å². The first kappa shape index (κ1) is 16.6. The van der Waals surface area contributed by atoms with Crippen LogP contribution in [-0.4, -0.2) is 55.5 Å². The summed E-state index contributed by atoms with van der Waals surface area (Å²) in [5, 5.41) is 8.91. The van der Waals surface area contributed by atoms with Crippen molar-refractivity contribution in [2.75, 3.05) is 26.7 Å². The Bertz CT molecular complexity index is 639. The maximum absolute atomic E-state index is 13.7. The number of nitrogens with zero attached hydrogens (tertiary/aromatic N) is 2. The van der Waals surface area contributed by atoms with Crippen LogP contribution < -0.4 is 0 Å². The number of aliphatic hydroxyl groups is 1. The maximum atomic E-state index is 13.7. The Balaban J connectivity index is 2.38. The molecule has 118 valence electrons. The molecular formula is C13H18ClFN2O3S. The van der Waals surface area contributed by atoms with Gasteiger partial charge in [0.1, 0.15) is 5.82 Å². The Morgan fingerprint density at radius 3 is 2.67 bits per heavy atom. The van der Waals surface area contributed by atoms with Gasteiger partial charge in [0, 0.05) is 31.2 Å². The Labute approximate surface area is 129 Å². The van der Waals surface area contributed by atoms with Crippen molar-refractivity contribution in [3.05, 3.63) is 28.5 Å². The van der Waals surface area contributed by atoms with Crippen LogP contribution in [-0.2, 0) is 16.6 Å². The molecule has 0 saturated carbocycles. The molecule has 0 bridgehead atoms. The van der Waals surface area contributed by atoms with E-state index >= 15 is 0 Å². The van der Waals surface area contributed by atoms with Crippen LogP contribution in [0.25, 0.3) is 0 Å². The number of halogens is 2. The number of rotatable bonds is 3. The number of hydrogen-bond acceptors (Lipinski definition) is 4. The molecule has 1 aliphatic heterocycles. The fourth-order valence-corrected chi connectivity index (χ4v) is 4.01. The lowest BCUT2D eigenvalue weighted by Crippen LogP contribution is -2.51. The number of aliphatic hydroxyl groups excluding tert-OH is 1. The molecule has 0 amide bonds. The number of benzene rings is 1. The number of sulfonamides is 1. The second-order valence-corrected chi connectivity index (χ2v) is 7.54. The highest BCUT2D eigenvalue weighted by molar-refractivity contribution is 7.89. The second kappa shape index (κ2) is 6.18. The molecule has 0 radical (unpaired) electrons. The highest BCUT2D eigenvalue weighted by Gasteiger charge is 2.31. The lowest BCUT2D eigenvalue weighted by molar-refractivity contribution is 0.159. The summed E-state index contributed by atoms with van der Waals surface area (Å²) < 4.78 is 40.2. The highest BCUT2D eigenvalue weighted by atomic mass is 35.5. The van der Waals surface area contributed by atoms with Gasteiger partial charge in [-0.25, -0.2) is 12.8 Å². The SMILES string of the molecule is CC1CN(S(=O)(=O)c2cc(F)c(Cl)c(CO)c2)CCN1C. The van der Waals surface area contributed by atoms with Gasteiger partial charge in [0.25, 0.3) is 0 Å². The smallest absolute Gasteiger partial charge is 0.243 e. The van der Waals surface area contributed by atoms with Crippen molar-refractivity contribution in [2.24, 2.45) is 0 Å². The molecule has 0 aliphatic carbocycles. The molecule has 0 aromatic heterocycles. The van der Waals surface area contributed by atoms with Crippen molar-refractivity contribution in [1.29, 1.82) is 0 Å². The van der Waals surface area contributed by atoms with E-state index in [1.165, 1.54) is 10.4 Å². The monoisotopic (exact) mass is 336 g/mol. The van der Waals surface area contributed by atoms with Crippen molar-refractivity contribution in [1.82, 2.24) is 9.21 Å². The van der Waals surface area contributed by atoms with Gasteiger partial charge in [-0.05, 0) is 26.1 Å². The summed E-state index contributed by atoms with van der Waals surface area (Å²) in [4.78, 5) is 1.89. The Kier molecular flexibility index (Phi) is 4.89. The summed E-state index contributed by atoms with van der Waals surface area (Å²) >= 11 is 5.69. The van der Waals surface area contributed by atoms with Crippen molar-refractivity contribution in [3.8, 4) is 0 Å². The first-order chi connectivity index (χ1) is 9.77. The first-order valence-electron chi connectivity index (χ1n) is 6.56. The molecule has 2 rings (SSSR count). The summed E-state index contributed by atoms with van der Waals surface area (Å²) in [7, 11) is -1.86. The minimum absolute atomic E-state index is 0.0671. The van der Waals surface area contributed by atoms with Gasteiger partial charge >= 0.3 is 0 Å². The lowest BCUT2D eigenvalue weighted by Gasteiger charge is -2.36. The molecule has 1 unspecified atom stereocenters. The molecule has 1 heterocycles. The molecule has 0 spiro atoms. The molecule has 1 fully saturated rings. The van der Waals surface area contributed by atoms with Crippen LogP contribution in [0.5, 0.6) is 0 Å². The van der Waals surface area contributed by atoms with E-state index in [4.69, 9.17) is 16.7 Å². The third-order valence-corrected chi connectivity index (χ3v) is 6.07. The summed E-state index contributed by atoms with van der Waals surface area (Å²) in [6.07, 6.45) is 0. The van der Waals surface area contributed by atoms with Crippen molar-refractivity contribution >= 4 is 21.6 Å². The van der Waals surface area contributed by atoms with Gasteiger partial charge in [-0.1, -0.05) is 11.6 Å². The Morgan fingerprint density at radius 1 is 1.43 bits per heavy atom. The molecule has 1 N–H and O–H groups in total. The van der Waals surface area contributed by atoms with Crippen LogP contribution in [0.3, 0.4) is 0 Å². The molecule has 1 saturated heterocycles. The number of hydrogen-bond donors (Lipinski definition) is 1. The van der Waals surface area contributed by atoms with E-state index in [-0.39, 0.29) is 21.5 Å². The van der Waals surface area contributed by atoms with Gasteiger partial charge in [-0.15, -0.1) is 0 Å². The van der Waals surface area contributed by atoms with Gasteiger partial charge in [0.15, 0.2) is 0 Å². The molecule has 8 heteroatoms. The third kappa shape index (κ3) is 3.22. The molecule has 1 aliphatic rings. The first-order valence-corrected chi connectivity index (χ1v) is 8.38. The molecule has 1 aromatic rings. The third-order valence-electron chi connectivity index (χ3n) is 3.81. The minimum Gasteiger partial charge on any atom is -0.392 e. The highest BCUT2D eigenvalue weighted by Crippen LogP contribution is 2.27. The summed E-state index contributed by atoms with van der Waals surface area (Å²) in [5.41, 5.74) is 0.0671. The largest absolute Gasteiger partial charge is 0.392 e. The van der Waals surface area contributed by atoms with E-state index in [0.29, 0.717) is 19.6 Å². The van der Waals surface area contributed by atoms with Crippen LogP contribution in [0.15, 0.2) is 17.0 Å². The average Bonchev–Trinajstić information content (AvgIpc) is 2.44. The summed E-state index contributed by atoms with van der Waals surface area (Å²) in [5.74, 6) is -0.844. The Hall–Kier alpha value is -0.730. The number of piperazine rings is 1. The zero-order chi connectivity index (χ0) is 15.8. The molecule has 1 atom stereocenters. The van der Waals surface area contributed by atoms with Crippen LogP contribution in [0.2, 0.25) is 5.02 Å². The van der Waals surface area contributed by atoms with E-state index in [9.17, 15) is 12.8 Å². The Morgan fingerprint density at radius 2 is 2.10 bits per heavy atom. The fourth-order valence-electron chi connectivity index (χ4n) is 2.26. The topological polar surface area (TPSA) is 60.9 Å². The van der Waals surface area contributed by atoms with Gasteiger partial charge in [-0.2, -0.15) is 4.31 Å². The van der Waals surface area contributed by atoms with E-state index in [2.05, 4.69) is 4.90 Å². The van der Waals surface area contributed by atoms with Gasteiger partial charge < -0.3 is 10.0 Å². The molecular weight excluding hydrogens is 319 g/mol. The zero-order valence-corrected chi connectivity index (χ0v) is 13.5. The quantitative estimate of drug-likeness (QED) is 0.903. The standard InChI is InChI=1S/C13H18ClFN2O3S/c1-9-7-17(4-3-16(9)2)21(19,20)11-5-10(8-18)13(14)12(15)6-11/h5-6,9,18H,3-4,7-8H2,1-2H3. The molecule has 5 nitrogen and oxygen atoms in total. The van der Waals surface area contributed by atoms with E-state index in [1.54, 1.807) is 0 Å². The zero-order valence-electron chi connectivity index (χ0n) is 11.9. The fraction of sp³-hybridized carbons (Fsp3) is 0.538. The lowest BCUT2D eigenvalue weighted by atomic mass is 10.2. The molecule has 21 heavy (non-hydrogen) atoms. The number of likely N-dealkylation sites (N-methyl/N-ethyl adjacent to an activating group) is 1. The molecule has 1 aromatic carbocycles. The predicted octanol–water partition coefficient (Wildman–Crippen LogP) is 1.30. The van der Waals surface area contributed by atoms with Crippen LogP contribution in [0.4, 0.5) is 4.39 Å². The van der Waals surface area contributed by atoms with Crippen molar-refractivity contribution in [2.45, 2.75) is 24.5 Å². The van der Waals surface area contributed by atoms with Crippen molar-refractivity contribution in [3.63, 3.8) is 0 Å². The average molecular weight is 337 g/mol. The van der Waals surface area contributed by atoms with Gasteiger partial charge in [-0.3, -0.25) is 0 Å². The van der Waals surface area contributed by atoms with Gasteiger partial charge in [0.05, 0.1) is 16.5 Å². The van der Waals surface area contributed by atoms with Crippen LogP contribution >= 0.6 is 11.6 Å². The summed E-state index contributed by atoms with van der Waals surface area (Å²) in [6.45, 7) is 2.73. The van der Waals surface area contributed by atoms with Gasteiger partial charge in [0.2, 0.25) is 10.0 Å². The van der Waals surface area contributed by atoms with Crippen molar-refractivity contribution < 1.29 is 17.9 Å². The van der Waals surface area contributed by atoms with Crippen LogP contribution in [0, 0.1) is 5.82 Å². The summed E-state index contributed by atoms with van der Waals surface area (Å²) in [6, 6.07) is 2.21. The second-order valence-electron chi connectivity index (χ2n) is 5.23. The minimum atomic E-state index is -3.79. The maximum Gasteiger partial charge on any atom is 0.243 e. The predicted molar refractivity (Wildman–Crippen MR) is 78.2 cm³/mol.